The van der Waals surface area contributed by atoms with Gasteiger partial charge in [-0.1, -0.05) is 30.9 Å². The molecule has 140 valence electrons. The third kappa shape index (κ3) is 3.30. The molecule has 0 spiro atoms. The zero-order valence-electron chi connectivity index (χ0n) is 14.5. The summed E-state index contributed by atoms with van der Waals surface area (Å²) in [4.78, 5) is 27.8. The highest BCUT2D eigenvalue weighted by Gasteiger charge is 2.24. The number of pyridine rings is 1. The van der Waals surface area contributed by atoms with E-state index in [0.717, 1.165) is 32.1 Å². The zero-order chi connectivity index (χ0) is 19.0. The summed E-state index contributed by atoms with van der Waals surface area (Å²) in [6.45, 7) is 0. The van der Waals surface area contributed by atoms with E-state index in [2.05, 4.69) is 15.4 Å². The van der Waals surface area contributed by atoms with E-state index in [9.17, 15) is 14.7 Å². The van der Waals surface area contributed by atoms with Crippen LogP contribution in [0.5, 0.6) is 5.75 Å². The van der Waals surface area contributed by atoms with Crippen molar-refractivity contribution < 1.29 is 9.90 Å². The predicted molar refractivity (Wildman–Crippen MR) is 103 cm³/mol. The van der Waals surface area contributed by atoms with Gasteiger partial charge in [0.05, 0.1) is 17.3 Å². The number of aromatic nitrogens is 3. The van der Waals surface area contributed by atoms with Gasteiger partial charge in [0.1, 0.15) is 17.0 Å². The van der Waals surface area contributed by atoms with Gasteiger partial charge in [-0.2, -0.15) is 5.10 Å². The van der Waals surface area contributed by atoms with Crippen LogP contribution in [0.4, 0.5) is 0 Å². The number of rotatable bonds is 3. The number of H-pyrrole nitrogens is 1. The summed E-state index contributed by atoms with van der Waals surface area (Å²) in [5.41, 5.74) is 0.0608. The number of hydrogen-bond donors (Lipinski definition) is 3. The lowest BCUT2D eigenvalue weighted by Gasteiger charge is -2.22. The standard InChI is InChI=1S/C19H19ClN4O3/c20-11-6-8-13(9-7-11)24-17-14(10-21-24)16(25)15(19(27)23-17)18(26)22-12-4-2-1-3-5-12/h6-10,12H,1-5H2,(H,22,26)(H2,23,25,27). The van der Waals surface area contributed by atoms with E-state index < -0.39 is 11.5 Å². The van der Waals surface area contributed by atoms with E-state index >= 15 is 0 Å². The number of nitrogens with one attached hydrogen (secondary N) is 2. The molecule has 3 N–H and O–H groups in total. The molecule has 1 saturated carbocycles. The third-order valence-electron chi connectivity index (χ3n) is 4.96. The first-order valence-electron chi connectivity index (χ1n) is 8.94. The molecule has 2 heterocycles. The number of amides is 1. The maximum Gasteiger partial charge on any atom is 0.266 e. The second-order valence-corrected chi connectivity index (χ2v) is 7.22. The molecule has 1 amide bonds. The van der Waals surface area contributed by atoms with Crippen molar-refractivity contribution >= 4 is 28.5 Å². The number of aromatic amines is 1. The summed E-state index contributed by atoms with van der Waals surface area (Å²) in [6.07, 6.45) is 6.48. The molecule has 0 atom stereocenters. The van der Waals surface area contributed by atoms with Crippen molar-refractivity contribution in [2.24, 2.45) is 0 Å². The lowest BCUT2D eigenvalue weighted by Crippen LogP contribution is -2.38. The van der Waals surface area contributed by atoms with Gasteiger partial charge in [0.25, 0.3) is 11.5 Å². The minimum atomic E-state index is -0.649. The summed E-state index contributed by atoms with van der Waals surface area (Å²) in [7, 11) is 0. The van der Waals surface area contributed by atoms with Crippen LogP contribution in [-0.4, -0.2) is 31.8 Å². The van der Waals surface area contributed by atoms with Crippen LogP contribution in [0.3, 0.4) is 0 Å². The number of carbonyl (C=O) groups excluding carboxylic acids is 1. The van der Waals surface area contributed by atoms with E-state index in [4.69, 9.17) is 11.6 Å². The van der Waals surface area contributed by atoms with Crippen molar-refractivity contribution in [3.63, 3.8) is 0 Å². The molecule has 0 saturated heterocycles. The molecule has 27 heavy (non-hydrogen) atoms. The van der Waals surface area contributed by atoms with E-state index in [0.29, 0.717) is 21.7 Å². The second kappa shape index (κ2) is 7.08. The van der Waals surface area contributed by atoms with Crippen molar-refractivity contribution in [2.75, 3.05) is 0 Å². The highest BCUT2D eigenvalue weighted by Crippen LogP contribution is 2.27. The molecule has 8 heteroatoms. The molecular weight excluding hydrogens is 368 g/mol. The fraction of sp³-hybridized carbons (Fsp3) is 0.316. The lowest BCUT2D eigenvalue weighted by molar-refractivity contribution is 0.0923. The number of fused-ring (bicyclic) bond motifs is 1. The molecule has 4 rings (SSSR count). The van der Waals surface area contributed by atoms with Crippen LogP contribution in [-0.2, 0) is 0 Å². The summed E-state index contributed by atoms with van der Waals surface area (Å²) in [5.74, 6) is -0.913. The second-order valence-electron chi connectivity index (χ2n) is 6.78. The average molecular weight is 387 g/mol. The summed E-state index contributed by atoms with van der Waals surface area (Å²) >= 11 is 5.91. The Labute approximate surface area is 160 Å². The van der Waals surface area contributed by atoms with Crippen molar-refractivity contribution in [2.45, 2.75) is 38.1 Å². The Balaban J connectivity index is 1.72. The number of halogens is 1. The van der Waals surface area contributed by atoms with Crippen LogP contribution in [0.15, 0.2) is 35.3 Å². The van der Waals surface area contributed by atoms with Gasteiger partial charge in [-0.05, 0) is 37.1 Å². The fourth-order valence-electron chi connectivity index (χ4n) is 3.55. The topological polar surface area (TPSA) is 100 Å². The molecule has 0 radical (unpaired) electrons. The smallest absolute Gasteiger partial charge is 0.266 e. The Hall–Kier alpha value is -2.80. The first-order valence-corrected chi connectivity index (χ1v) is 9.32. The van der Waals surface area contributed by atoms with Gasteiger partial charge in [0.15, 0.2) is 0 Å². The van der Waals surface area contributed by atoms with Crippen LogP contribution >= 0.6 is 11.6 Å². The number of aromatic hydroxyl groups is 1. The molecule has 0 unspecified atom stereocenters. The normalized spacial score (nSPS) is 15.1. The molecule has 0 aliphatic heterocycles. The van der Waals surface area contributed by atoms with Crippen LogP contribution in [0.25, 0.3) is 16.7 Å². The molecule has 7 nitrogen and oxygen atoms in total. The van der Waals surface area contributed by atoms with E-state index in [1.165, 1.54) is 10.9 Å². The maximum atomic E-state index is 12.6. The Morgan fingerprint density at radius 2 is 1.93 bits per heavy atom. The predicted octanol–water partition coefficient (Wildman–Crippen LogP) is 3.14. The van der Waals surface area contributed by atoms with Crippen molar-refractivity contribution in [1.29, 1.82) is 0 Å². The Morgan fingerprint density at radius 3 is 2.63 bits per heavy atom. The molecule has 3 aromatic rings. The summed E-state index contributed by atoms with van der Waals surface area (Å²) < 4.78 is 1.48. The van der Waals surface area contributed by atoms with Gasteiger partial charge >= 0.3 is 0 Å². The van der Waals surface area contributed by atoms with Gasteiger partial charge in [-0.3, -0.25) is 9.59 Å². The summed E-state index contributed by atoms with van der Waals surface area (Å²) in [6, 6.07) is 6.93. The average Bonchev–Trinajstić information content (AvgIpc) is 3.07. The van der Waals surface area contributed by atoms with Crippen LogP contribution < -0.4 is 10.9 Å². The van der Waals surface area contributed by atoms with Gasteiger partial charge in [-0.15, -0.1) is 0 Å². The number of benzene rings is 1. The SMILES string of the molecule is O=C(NC1CCCCC1)c1c(O)c2cnn(-c3ccc(Cl)cc3)c2[nH]c1=O. The van der Waals surface area contributed by atoms with Gasteiger partial charge in [-0.25, -0.2) is 4.68 Å². The van der Waals surface area contributed by atoms with Gasteiger partial charge in [0, 0.05) is 11.1 Å². The summed E-state index contributed by atoms with van der Waals surface area (Å²) in [5, 5.41) is 18.6. The minimum Gasteiger partial charge on any atom is -0.506 e. The zero-order valence-corrected chi connectivity index (χ0v) is 15.3. The van der Waals surface area contributed by atoms with Crippen molar-refractivity contribution in [1.82, 2.24) is 20.1 Å². The number of hydrogen-bond acceptors (Lipinski definition) is 4. The minimum absolute atomic E-state index is 0.0394. The molecule has 2 aromatic heterocycles. The number of nitrogens with zero attached hydrogens (tertiary/aromatic N) is 2. The van der Waals surface area contributed by atoms with Gasteiger partial charge in [0.2, 0.25) is 0 Å². The van der Waals surface area contributed by atoms with Crippen LogP contribution in [0.1, 0.15) is 42.5 Å². The molecule has 1 aliphatic rings. The Kier molecular flexibility index (Phi) is 4.61. The van der Waals surface area contributed by atoms with Crippen LogP contribution in [0.2, 0.25) is 5.02 Å². The monoisotopic (exact) mass is 386 g/mol. The van der Waals surface area contributed by atoms with Crippen molar-refractivity contribution in [3.05, 3.63) is 51.4 Å². The molecule has 0 bridgehead atoms. The van der Waals surface area contributed by atoms with Crippen molar-refractivity contribution in [3.8, 4) is 11.4 Å². The van der Waals surface area contributed by atoms with E-state index in [1.807, 2.05) is 0 Å². The van der Waals surface area contributed by atoms with Crippen LogP contribution in [0, 0.1) is 0 Å². The van der Waals surface area contributed by atoms with Gasteiger partial charge < -0.3 is 15.4 Å². The molecule has 1 aliphatic carbocycles. The highest BCUT2D eigenvalue weighted by molar-refractivity contribution is 6.30. The number of carbonyl (C=O) groups is 1. The molecular formula is C19H19ClN4O3. The van der Waals surface area contributed by atoms with E-state index in [1.54, 1.807) is 24.3 Å². The quantitative estimate of drug-likeness (QED) is 0.643. The lowest BCUT2D eigenvalue weighted by atomic mass is 9.95. The first kappa shape index (κ1) is 17.6. The first-order chi connectivity index (χ1) is 13.0. The molecule has 1 aromatic carbocycles. The Bertz CT molecular complexity index is 1050. The van der Waals surface area contributed by atoms with E-state index in [-0.39, 0.29) is 17.4 Å². The third-order valence-corrected chi connectivity index (χ3v) is 5.21. The Morgan fingerprint density at radius 1 is 1.22 bits per heavy atom. The fourth-order valence-corrected chi connectivity index (χ4v) is 3.67. The molecule has 1 fully saturated rings. The highest BCUT2D eigenvalue weighted by atomic mass is 35.5. The largest absolute Gasteiger partial charge is 0.506 e. The maximum absolute atomic E-state index is 12.6.